The number of carbonyl (C=O) groups is 1. The van der Waals surface area contributed by atoms with Crippen LogP contribution in [0.2, 0.25) is 0 Å². The molecular weight excluding hydrogens is 294 g/mol. The number of nitrogens with zero attached hydrogens (tertiary/aromatic N) is 2. The van der Waals surface area contributed by atoms with Gasteiger partial charge in [0, 0.05) is 22.9 Å². The molecule has 1 amide bonds. The van der Waals surface area contributed by atoms with Crippen LogP contribution in [0.3, 0.4) is 0 Å². The Bertz CT molecular complexity index is 585. The number of carbonyl (C=O) groups excluding carboxylic acids is 1. The van der Waals surface area contributed by atoms with E-state index in [1.807, 2.05) is 39.1 Å². The van der Waals surface area contributed by atoms with Crippen molar-refractivity contribution in [1.82, 2.24) is 9.78 Å². The topological polar surface area (TPSA) is 46.9 Å². The lowest BCUT2D eigenvalue weighted by Crippen LogP contribution is -2.13. The highest BCUT2D eigenvalue weighted by atomic mass is 79.9. The second-order valence-corrected chi connectivity index (χ2v) is 5.12. The van der Waals surface area contributed by atoms with E-state index in [2.05, 4.69) is 26.3 Å². The highest BCUT2D eigenvalue weighted by molar-refractivity contribution is 9.10. The van der Waals surface area contributed by atoms with E-state index in [-0.39, 0.29) is 5.91 Å². The van der Waals surface area contributed by atoms with Gasteiger partial charge in [0.05, 0.1) is 0 Å². The van der Waals surface area contributed by atoms with Crippen LogP contribution in [-0.2, 0) is 7.05 Å². The van der Waals surface area contributed by atoms with Gasteiger partial charge in [-0.05, 0) is 37.6 Å². The smallest absolute Gasteiger partial charge is 0.276 e. The molecular formula is C13H14BrN3O. The molecule has 18 heavy (non-hydrogen) atoms. The molecule has 0 saturated carbocycles. The Morgan fingerprint density at radius 2 is 2.06 bits per heavy atom. The predicted octanol–water partition coefficient (Wildman–Crippen LogP) is 3.05. The molecule has 0 bridgehead atoms. The number of anilines is 1. The molecule has 0 aliphatic rings. The summed E-state index contributed by atoms with van der Waals surface area (Å²) >= 11 is 3.39. The summed E-state index contributed by atoms with van der Waals surface area (Å²) in [5, 5.41) is 7.01. The maximum Gasteiger partial charge on any atom is 0.276 e. The molecule has 1 aromatic heterocycles. The average molecular weight is 308 g/mol. The first-order valence-corrected chi connectivity index (χ1v) is 6.35. The molecule has 0 atom stereocenters. The third-order valence-corrected chi connectivity index (χ3v) is 3.29. The highest BCUT2D eigenvalue weighted by Crippen LogP contribution is 2.21. The standard InChI is InChI=1S/C13H14BrN3O/c1-8-4-5-10(14)7-11(8)15-13(18)12-6-9(2)17(3)16-12/h4-7H,1-3H3,(H,15,18). The minimum atomic E-state index is -0.195. The SMILES string of the molecule is Cc1ccc(Br)cc1NC(=O)c1cc(C)n(C)n1. The molecule has 0 aliphatic carbocycles. The van der Waals surface area contributed by atoms with Crippen molar-refractivity contribution in [1.29, 1.82) is 0 Å². The van der Waals surface area contributed by atoms with Crippen LogP contribution >= 0.6 is 15.9 Å². The van der Waals surface area contributed by atoms with Crippen molar-refractivity contribution in [3.63, 3.8) is 0 Å². The van der Waals surface area contributed by atoms with Crippen LogP contribution in [-0.4, -0.2) is 15.7 Å². The first kappa shape index (κ1) is 12.8. The van der Waals surface area contributed by atoms with Crippen LogP contribution in [0.15, 0.2) is 28.7 Å². The summed E-state index contributed by atoms with van der Waals surface area (Å²) in [5.74, 6) is -0.195. The van der Waals surface area contributed by atoms with E-state index in [1.165, 1.54) is 0 Å². The zero-order valence-corrected chi connectivity index (χ0v) is 12.1. The molecule has 0 aliphatic heterocycles. The number of rotatable bonds is 2. The van der Waals surface area contributed by atoms with Crippen molar-refractivity contribution in [3.8, 4) is 0 Å². The quantitative estimate of drug-likeness (QED) is 0.927. The molecule has 0 saturated heterocycles. The molecule has 2 rings (SSSR count). The Balaban J connectivity index is 2.23. The summed E-state index contributed by atoms with van der Waals surface area (Å²) in [6, 6.07) is 7.53. The minimum Gasteiger partial charge on any atom is -0.320 e. The molecule has 5 heteroatoms. The van der Waals surface area contributed by atoms with Crippen LogP contribution in [0.25, 0.3) is 0 Å². The van der Waals surface area contributed by atoms with Crippen molar-refractivity contribution in [2.75, 3.05) is 5.32 Å². The summed E-state index contributed by atoms with van der Waals surface area (Å²) in [7, 11) is 1.82. The fourth-order valence-electron chi connectivity index (χ4n) is 1.59. The van der Waals surface area contributed by atoms with Gasteiger partial charge in [0.2, 0.25) is 0 Å². The van der Waals surface area contributed by atoms with Crippen molar-refractivity contribution < 1.29 is 4.79 Å². The third-order valence-electron chi connectivity index (χ3n) is 2.79. The van der Waals surface area contributed by atoms with E-state index in [9.17, 15) is 4.79 Å². The monoisotopic (exact) mass is 307 g/mol. The number of hydrogen-bond acceptors (Lipinski definition) is 2. The molecule has 4 nitrogen and oxygen atoms in total. The van der Waals surface area contributed by atoms with Gasteiger partial charge in [0.1, 0.15) is 0 Å². The van der Waals surface area contributed by atoms with Gasteiger partial charge < -0.3 is 5.32 Å². The van der Waals surface area contributed by atoms with E-state index in [0.29, 0.717) is 5.69 Å². The molecule has 1 aromatic carbocycles. The Kier molecular flexibility index (Phi) is 3.52. The summed E-state index contributed by atoms with van der Waals surface area (Å²) in [5.41, 5.74) is 3.18. The Labute approximate surface area is 114 Å². The number of benzene rings is 1. The first-order valence-electron chi connectivity index (χ1n) is 5.55. The number of hydrogen-bond donors (Lipinski definition) is 1. The van der Waals surface area contributed by atoms with Gasteiger partial charge in [-0.1, -0.05) is 22.0 Å². The lowest BCUT2D eigenvalue weighted by atomic mass is 10.2. The molecule has 0 unspecified atom stereocenters. The van der Waals surface area contributed by atoms with Crippen molar-refractivity contribution in [2.24, 2.45) is 7.05 Å². The zero-order chi connectivity index (χ0) is 13.3. The molecule has 0 fully saturated rings. The lowest BCUT2D eigenvalue weighted by Gasteiger charge is -2.07. The zero-order valence-electron chi connectivity index (χ0n) is 10.5. The van der Waals surface area contributed by atoms with E-state index in [4.69, 9.17) is 0 Å². The fourth-order valence-corrected chi connectivity index (χ4v) is 1.95. The van der Waals surface area contributed by atoms with Gasteiger partial charge >= 0.3 is 0 Å². The Morgan fingerprint density at radius 3 is 2.67 bits per heavy atom. The number of aromatic nitrogens is 2. The number of aryl methyl sites for hydroxylation is 3. The van der Waals surface area contributed by atoms with Crippen LogP contribution < -0.4 is 5.32 Å². The van der Waals surface area contributed by atoms with Gasteiger partial charge in [0.15, 0.2) is 5.69 Å². The lowest BCUT2D eigenvalue weighted by molar-refractivity contribution is 0.102. The van der Waals surface area contributed by atoms with Crippen LogP contribution in [0.5, 0.6) is 0 Å². The maximum absolute atomic E-state index is 12.0. The largest absolute Gasteiger partial charge is 0.320 e. The molecule has 94 valence electrons. The molecule has 2 aromatic rings. The van der Waals surface area contributed by atoms with Crippen molar-refractivity contribution in [3.05, 3.63) is 45.7 Å². The Morgan fingerprint density at radius 1 is 1.33 bits per heavy atom. The summed E-state index contributed by atoms with van der Waals surface area (Å²) in [4.78, 5) is 12.0. The van der Waals surface area contributed by atoms with E-state index in [0.717, 1.165) is 21.4 Å². The molecule has 1 heterocycles. The van der Waals surface area contributed by atoms with Crippen LogP contribution in [0.4, 0.5) is 5.69 Å². The second-order valence-electron chi connectivity index (χ2n) is 4.21. The van der Waals surface area contributed by atoms with Crippen LogP contribution in [0.1, 0.15) is 21.7 Å². The molecule has 0 spiro atoms. The van der Waals surface area contributed by atoms with Gasteiger partial charge in [-0.2, -0.15) is 5.10 Å². The number of amides is 1. The highest BCUT2D eigenvalue weighted by Gasteiger charge is 2.12. The normalized spacial score (nSPS) is 10.4. The maximum atomic E-state index is 12.0. The summed E-state index contributed by atoms with van der Waals surface area (Å²) in [6.07, 6.45) is 0. The van der Waals surface area contributed by atoms with Gasteiger partial charge in [-0.15, -0.1) is 0 Å². The number of nitrogens with one attached hydrogen (secondary N) is 1. The first-order chi connectivity index (χ1) is 8.47. The van der Waals surface area contributed by atoms with Gasteiger partial charge in [-0.25, -0.2) is 0 Å². The fraction of sp³-hybridized carbons (Fsp3) is 0.231. The van der Waals surface area contributed by atoms with Crippen molar-refractivity contribution in [2.45, 2.75) is 13.8 Å². The van der Waals surface area contributed by atoms with Crippen molar-refractivity contribution >= 4 is 27.5 Å². The molecule has 0 radical (unpaired) electrons. The average Bonchev–Trinajstić information content (AvgIpc) is 2.64. The van der Waals surface area contributed by atoms with E-state index >= 15 is 0 Å². The van der Waals surface area contributed by atoms with E-state index < -0.39 is 0 Å². The summed E-state index contributed by atoms with van der Waals surface area (Å²) in [6.45, 7) is 3.86. The third kappa shape index (κ3) is 2.61. The van der Waals surface area contributed by atoms with Gasteiger partial charge in [0.25, 0.3) is 5.91 Å². The van der Waals surface area contributed by atoms with E-state index in [1.54, 1.807) is 10.7 Å². The Hall–Kier alpha value is -1.62. The minimum absolute atomic E-state index is 0.195. The predicted molar refractivity (Wildman–Crippen MR) is 74.8 cm³/mol. The van der Waals surface area contributed by atoms with Crippen LogP contribution in [0, 0.1) is 13.8 Å². The second kappa shape index (κ2) is 4.94. The molecule has 1 N–H and O–H groups in total. The number of halogens is 1. The summed E-state index contributed by atoms with van der Waals surface area (Å²) < 4.78 is 2.61. The van der Waals surface area contributed by atoms with Gasteiger partial charge in [-0.3, -0.25) is 9.48 Å².